The van der Waals surface area contributed by atoms with Crippen molar-refractivity contribution in [1.82, 2.24) is 0 Å². The zero-order valence-corrected chi connectivity index (χ0v) is 31.0. The molecule has 5 atom stereocenters. The minimum atomic E-state index is -1.07. The van der Waals surface area contributed by atoms with E-state index < -0.39 is 10.0 Å². The van der Waals surface area contributed by atoms with Crippen LogP contribution in [0.1, 0.15) is 84.8 Å². The monoisotopic (exact) mass is 654 g/mol. The van der Waals surface area contributed by atoms with E-state index in [0.717, 1.165) is 11.8 Å². The molecule has 3 aliphatic carbocycles. The lowest BCUT2D eigenvalue weighted by atomic mass is 9.49. The smallest absolute Gasteiger partial charge is 0.399 e. The molecule has 2 bridgehead atoms. The van der Waals surface area contributed by atoms with Gasteiger partial charge < -0.3 is 9.31 Å². The van der Waals surface area contributed by atoms with Crippen molar-refractivity contribution in [2.24, 2.45) is 23.7 Å². The van der Waals surface area contributed by atoms with E-state index in [1.54, 1.807) is 5.56 Å². The summed E-state index contributed by atoms with van der Waals surface area (Å²) < 4.78 is 13.5. The number of rotatable bonds is 3. The zero-order chi connectivity index (χ0) is 33.4. The Balaban J connectivity index is 1.24. The third-order valence-corrected chi connectivity index (χ3v) is 16.9. The second-order valence-electron chi connectivity index (χ2n) is 17.2. The van der Waals surface area contributed by atoms with Crippen LogP contribution in [0.5, 0.6) is 0 Å². The van der Waals surface area contributed by atoms with Gasteiger partial charge in [-0.05, 0) is 158 Å². The predicted octanol–water partition coefficient (Wildman–Crippen LogP) is 10.9. The van der Waals surface area contributed by atoms with Crippen molar-refractivity contribution in [1.29, 1.82) is 0 Å². The molecule has 5 aliphatic rings. The number of benzene rings is 4. The third-order valence-electron chi connectivity index (χ3n) is 14.0. The molecule has 4 aromatic rings. The van der Waals surface area contributed by atoms with Crippen LogP contribution >= 0.6 is 10.0 Å². The first-order valence-electron chi connectivity index (χ1n) is 18.5. The summed E-state index contributed by atoms with van der Waals surface area (Å²) in [5, 5.41) is 0. The molecule has 1 saturated heterocycles. The second-order valence-corrected chi connectivity index (χ2v) is 20.7. The predicted molar refractivity (Wildman–Crippen MR) is 204 cm³/mol. The van der Waals surface area contributed by atoms with E-state index in [1.165, 1.54) is 86.3 Å². The van der Waals surface area contributed by atoms with Gasteiger partial charge in [-0.3, -0.25) is 0 Å². The van der Waals surface area contributed by atoms with Crippen LogP contribution in [0.2, 0.25) is 0 Å². The first-order chi connectivity index (χ1) is 22.9. The fraction of sp³-hybridized carbons (Fsp3) is 0.455. The molecule has 0 amide bonds. The lowest BCUT2D eigenvalue weighted by Gasteiger charge is -2.55. The zero-order valence-electron chi connectivity index (χ0n) is 30.2. The van der Waals surface area contributed by atoms with E-state index in [-0.39, 0.29) is 23.7 Å². The molecule has 248 valence electrons. The first kappa shape index (κ1) is 31.2. The van der Waals surface area contributed by atoms with Gasteiger partial charge in [-0.1, -0.05) is 80.9 Å². The Labute approximate surface area is 290 Å². The van der Waals surface area contributed by atoms with E-state index in [1.807, 2.05) is 0 Å². The largest absolute Gasteiger partial charge is 0.495 e. The van der Waals surface area contributed by atoms with E-state index in [2.05, 4.69) is 133 Å². The average molecular weight is 655 g/mol. The van der Waals surface area contributed by atoms with E-state index in [4.69, 9.17) is 9.31 Å². The van der Waals surface area contributed by atoms with Gasteiger partial charge in [0.15, 0.2) is 0 Å². The van der Waals surface area contributed by atoms with E-state index in [0.29, 0.717) is 11.8 Å². The lowest BCUT2D eigenvalue weighted by molar-refractivity contribution is 0.00578. The van der Waals surface area contributed by atoms with E-state index in [9.17, 15) is 0 Å². The summed E-state index contributed by atoms with van der Waals surface area (Å²) in [6.45, 7) is 13.7. The Morgan fingerprint density at radius 1 is 0.708 bits per heavy atom. The number of fused-ring (bicyclic) bond motifs is 11. The molecule has 2 saturated carbocycles. The van der Waals surface area contributed by atoms with Crippen LogP contribution in [0.15, 0.2) is 88.7 Å². The van der Waals surface area contributed by atoms with E-state index >= 15 is 0 Å². The fourth-order valence-electron chi connectivity index (χ4n) is 10.9. The maximum Gasteiger partial charge on any atom is 0.495 e. The minimum absolute atomic E-state index is 0.00213. The Hall–Kier alpha value is -2.79. The van der Waals surface area contributed by atoms with Crippen molar-refractivity contribution in [3.63, 3.8) is 0 Å². The van der Waals surface area contributed by atoms with Gasteiger partial charge >= 0.3 is 7.12 Å². The van der Waals surface area contributed by atoms with Gasteiger partial charge in [0.05, 0.1) is 11.2 Å². The van der Waals surface area contributed by atoms with Crippen molar-refractivity contribution in [2.75, 3.05) is 12.5 Å². The van der Waals surface area contributed by atoms with Gasteiger partial charge in [0.2, 0.25) is 0 Å². The van der Waals surface area contributed by atoms with Gasteiger partial charge in [-0.15, -0.1) is 0 Å². The molecule has 0 aromatic heterocycles. The quantitative estimate of drug-likeness (QED) is 0.205. The van der Waals surface area contributed by atoms with Gasteiger partial charge in [0.1, 0.15) is 0 Å². The Morgan fingerprint density at radius 2 is 1.40 bits per heavy atom. The van der Waals surface area contributed by atoms with Crippen molar-refractivity contribution >= 4 is 22.6 Å². The molecule has 0 N–H and O–H groups in total. The van der Waals surface area contributed by atoms with Crippen molar-refractivity contribution in [3.8, 4) is 33.4 Å². The summed E-state index contributed by atoms with van der Waals surface area (Å²) in [6.07, 6.45) is 11.6. The molecule has 5 unspecified atom stereocenters. The standard InChI is InChI=1S/C44H51BO2S/c1-9-28-22-29-21-27(2)44(32(23-28)24-29)36-14-12-15-38(45-46-42(3,4)43(5,6)47-45)41(36)35-20-18-30(25-37(35)44)31-17-19-34-33-13-10-11-16-39(33)48(7,8)40(34)26-31/h10-20,25-29,32H,9,21-24H2,1-8H3. The van der Waals surface area contributed by atoms with Crippen LogP contribution < -0.4 is 5.46 Å². The molecule has 4 heteroatoms. The molecule has 2 nitrogen and oxygen atoms in total. The molecule has 1 spiro atoms. The van der Waals surface area contributed by atoms with Crippen LogP contribution in [-0.4, -0.2) is 30.8 Å². The summed E-state index contributed by atoms with van der Waals surface area (Å²) >= 11 is 0. The SMILES string of the molecule is CCC1CC2CC(C)C3(c4cc(-c5ccc6c(c5)S(C)(C)c5ccccc5-6)ccc4-c4c(B5OC(C)(C)C(C)(C)O5)cccc43)C(C1)C2. The van der Waals surface area contributed by atoms with Gasteiger partial charge in [-0.2, -0.15) is 10.0 Å². The summed E-state index contributed by atoms with van der Waals surface area (Å²) in [5.41, 5.74) is 11.9. The summed E-state index contributed by atoms with van der Waals surface area (Å²) in [4.78, 5) is 3.04. The van der Waals surface area contributed by atoms with Gasteiger partial charge in [0.25, 0.3) is 0 Å². The highest BCUT2D eigenvalue weighted by Crippen LogP contribution is 2.68. The normalized spacial score (nSPS) is 30.5. The molecule has 2 heterocycles. The van der Waals surface area contributed by atoms with Crippen LogP contribution in [-0.2, 0) is 14.7 Å². The van der Waals surface area contributed by atoms with Crippen LogP contribution in [0.4, 0.5) is 0 Å². The minimum Gasteiger partial charge on any atom is -0.399 e. The summed E-state index contributed by atoms with van der Waals surface area (Å²) in [7, 11) is -1.45. The topological polar surface area (TPSA) is 18.5 Å². The highest BCUT2D eigenvalue weighted by Gasteiger charge is 2.59. The molecule has 4 aromatic carbocycles. The van der Waals surface area contributed by atoms with Crippen molar-refractivity contribution in [3.05, 3.63) is 90.0 Å². The molecule has 3 fully saturated rings. The fourth-order valence-corrected chi connectivity index (χ4v) is 13.5. The summed E-state index contributed by atoms with van der Waals surface area (Å²) in [6, 6.07) is 30.9. The Bertz CT molecular complexity index is 1960. The van der Waals surface area contributed by atoms with Gasteiger partial charge in [-0.25, -0.2) is 0 Å². The molecular formula is C44H51BO2S. The number of hydrogen-bond acceptors (Lipinski definition) is 2. The molecule has 9 rings (SSSR count). The summed E-state index contributed by atoms with van der Waals surface area (Å²) in [5.74, 6) is 2.89. The highest BCUT2D eigenvalue weighted by atomic mass is 32.3. The molecule has 48 heavy (non-hydrogen) atoms. The second kappa shape index (κ2) is 10.4. The molecular weight excluding hydrogens is 603 g/mol. The van der Waals surface area contributed by atoms with Crippen LogP contribution in [0.25, 0.3) is 33.4 Å². The van der Waals surface area contributed by atoms with Crippen LogP contribution in [0.3, 0.4) is 0 Å². The Kier molecular flexibility index (Phi) is 6.75. The third kappa shape index (κ3) is 4.09. The number of hydrogen-bond donors (Lipinski definition) is 0. The molecule has 0 radical (unpaired) electrons. The maximum absolute atomic E-state index is 6.77. The van der Waals surface area contributed by atoms with Gasteiger partial charge in [0, 0.05) is 15.2 Å². The highest BCUT2D eigenvalue weighted by molar-refractivity contribution is 8.33. The van der Waals surface area contributed by atoms with Crippen molar-refractivity contribution in [2.45, 2.75) is 100 Å². The average Bonchev–Trinajstić information content (AvgIpc) is 3.58. The molecule has 2 aliphatic heterocycles. The Morgan fingerprint density at radius 3 is 2.15 bits per heavy atom. The van der Waals surface area contributed by atoms with Crippen LogP contribution in [0, 0.1) is 23.7 Å². The lowest BCUT2D eigenvalue weighted by Crippen LogP contribution is -2.49. The maximum atomic E-state index is 6.77. The first-order valence-corrected chi connectivity index (χ1v) is 20.9. The van der Waals surface area contributed by atoms with Crippen molar-refractivity contribution < 1.29 is 9.31 Å².